The zero-order valence-corrected chi connectivity index (χ0v) is 17.8. The summed E-state index contributed by atoms with van der Waals surface area (Å²) in [5.41, 5.74) is 0.138. The van der Waals surface area contributed by atoms with E-state index in [9.17, 15) is 14.7 Å². The molecule has 158 valence electrons. The molecule has 4 heteroatoms. The third kappa shape index (κ3) is 2.97. The van der Waals surface area contributed by atoms with Crippen molar-refractivity contribution in [1.82, 2.24) is 0 Å². The molecule has 0 bridgehead atoms. The highest BCUT2D eigenvalue weighted by Crippen LogP contribution is 2.68. The summed E-state index contributed by atoms with van der Waals surface area (Å²) in [4.78, 5) is 23.1. The number of rotatable bonds is 4. The summed E-state index contributed by atoms with van der Waals surface area (Å²) in [7, 11) is 0. The molecule has 9 atom stereocenters. The van der Waals surface area contributed by atoms with Crippen molar-refractivity contribution >= 4 is 11.8 Å². The summed E-state index contributed by atoms with van der Waals surface area (Å²) in [6, 6.07) is 0. The van der Waals surface area contributed by atoms with Crippen LogP contribution in [0.5, 0.6) is 0 Å². The monoisotopic (exact) mass is 390 g/mol. The van der Waals surface area contributed by atoms with E-state index in [1.807, 2.05) is 0 Å². The summed E-state index contributed by atoms with van der Waals surface area (Å²) in [5.74, 6) is 2.76. The quantitative estimate of drug-likeness (QED) is 0.730. The Hall–Kier alpha value is -0.900. The molecule has 4 fully saturated rings. The number of fused-ring (bicyclic) bond motifs is 5. The zero-order valence-electron chi connectivity index (χ0n) is 17.8. The van der Waals surface area contributed by atoms with Gasteiger partial charge in [-0.2, -0.15) is 0 Å². The Kier molecular flexibility index (Phi) is 5.17. The molecule has 4 rings (SSSR count). The van der Waals surface area contributed by atoms with Crippen molar-refractivity contribution in [2.45, 2.75) is 91.1 Å². The van der Waals surface area contributed by atoms with E-state index in [1.165, 1.54) is 19.3 Å². The van der Waals surface area contributed by atoms with Crippen LogP contribution in [0, 0.1) is 46.3 Å². The predicted octanol–water partition coefficient (Wildman–Crippen LogP) is 4.69. The molecule has 4 saturated carbocycles. The van der Waals surface area contributed by atoms with Gasteiger partial charge in [0.15, 0.2) is 0 Å². The topological polar surface area (TPSA) is 74.6 Å². The molecule has 4 nitrogen and oxygen atoms in total. The maximum absolute atomic E-state index is 12.1. The second-order valence-electron chi connectivity index (χ2n) is 11.1. The lowest BCUT2D eigenvalue weighted by Crippen LogP contribution is -2.58. The second kappa shape index (κ2) is 7.11. The van der Waals surface area contributed by atoms with E-state index < -0.39 is 5.97 Å². The maximum Gasteiger partial charge on any atom is 0.303 e. The SMILES string of the molecule is C[C@H](CCC(=O)O)[C@H]1CC[C@H]2[C@@H]3CCC4CC(=O)CC[C@]4(C)[C@H]3CC(O)[C@]12C. The van der Waals surface area contributed by atoms with Gasteiger partial charge in [-0.05, 0) is 91.3 Å². The number of ketones is 1. The molecular weight excluding hydrogens is 352 g/mol. The van der Waals surface area contributed by atoms with Crippen LogP contribution in [0.4, 0.5) is 0 Å². The van der Waals surface area contributed by atoms with Crippen LogP contribution in [-0.2, 0) is 9.59 Å². The number of carboxylic acids is 1. The fourth-order valence-electron chi connectivity index (χ4n) is 8.52. The summed E-state index contributed by atoms with van der Waals surface area (Å²) >= 11 is 0. The van der Waals surface area contributed by atoms with E-state index in [0.717, 1.165) is 32.1 Å². The lowest BCUT2D eigenvalue weighted by Gasteiger charge is -2.62. The van der Waals surface area contributed by atoms with Gasteiger partial charge in [0, 0.05) is 19.3 Å². The Morgan fingerprint density at radius 2 is 1.93 bits per heavy atom. The Labute approximate surface area is 169 Å². The number of aliphatic carboxylic acids is 1. The first-order valence-corrected chi connectivity index (χ1v) is 11.6. The van der Waals surface area contributed by atoms with Crippen LogP contribution < -0.4 is 0 Å². The highest BCUT2D eigenvalue weighted by atomic mass is 16.4. The lowest BCUT2D eigenvalue weighted by atomic mass is 9.44. The Morgan fingerprint density at radius 3 is 2.64 bits per heavy atom. The molecule has 4 aliphatic rings. The van der Waals surface area contributed by atoms with Crippen LogP contribution in [-0.4, -0.2) is 28.1 Å². The van der Waals surface area contributed by atoms with Gasteiger partial charge in [0.2, 0.25) is 0 Å². The summed E-state index contributed by atoms with van der Waals surface area (Å²) < 4.78 is 0. The van der Waals surface area contributed by atoms with Crippen molar-refractivity contribution in [3.8, 4) is 0 Å². The number of aliphatic hydroxyl groups is 1. The molecular formula is C24H38O4. The molecule has 0 amide bonds. The van der Waals surface area contributed by atoms with Crippen LogP contribution in [0.1, 0.15) is 85.0 Å². The highest BCUT2D eigenvalue weighted by molar-refractivity contribution is 5.79. The van der Waals surface area contributed by atoms with Gasteiger partial charge in [0.05, 0.1) is 6.10 Å². The summed E-state index contributed by atoms with van der Waals surface area (Å²) in [5, 5.41) is 20.5. The van der Waals surface area contributed by atoms with E-state index in [2.05, 4.69) is 20.8 Å². The molecule has 2 unspecified atom stereocenters. The zero-order chi connectivity index (χ0) is 20.3. The van der Waals surface area contributed by atoms with E-state index in [0.29, 0.717) is 47.7 Å². The van der Waals surface area contributed by atoms with Gasteiger partial charge < -0.3 is 10.2 Å². The van der Waals surface area contributed by atoms with Crippen molar-refractivity contribution in [2.75, 3.05) is 0 Å². The van der Waals surface area contributed by atoms with Crippen LogP contribution >= 0.6 is 0 Å². The number of carboxylic acid groups (broad SMARTS) is 1. The molecule has 0 aromatic heterocycles. The number of aliphatic hydroxyl groups excluding tert-OH is 1. The van der Waals surface area contributed by atoms with Gasteiger partial charge in [-0.1, -0.05) is 20.8 Å². The molecule has 4 aliphatic carbocycles. The minimum absolute atomic E-state index is 0.0766. The largest absolute Gasteiger partial charge is 0.481 e. The third-order valence-electron chi connectivity index (χ3n) is 10.2. The van der Waals surface area contributed by atoms with Crippen LogP contribution in [0.15, 0.2) is 0 Å². The Bertz CT molecular complexity index is 645. The van der Waals surface area contributed by atoms with Gasteiger partial charge in [-0.25, -0.2) is 0 Å². The van der Waals surface area contributed by atoms with Crippen molar-refractivity contribution in [3.05, 3.63) is 0 Å². The second-order valence-corrected chi connectivity index (χ2v) is 11.1. The van der Waals surface area contributed by atoms with Gasteiger partial charge in [-0.15, -0.1) is 0 Å². The van der Waals surface area contributed by atoms with Crippen LogP contribution in [0.2, 0.25) is 0 Å². The fourth-order valence-corrected chi connectivity index (χ4v) is 8.52. The van der Waals surface area contributed by atoms with Crippen molar-refractivity contribution in [2.24, 2.45) is 46.3 Å². The standard InChI is InChI=1S/C24H38O4/c1-14(4-9-22(27)28)18-7-8-19-17-6-5-15-12-16(25)10-11-23(15,2)20(17)13-21(26)24(18,19)3/h14-15,17-21,26H,4-13H2,1-3H3,(H,27,28)/t14-,15?,17+,18-,19+,20+,21?,23+,24-/m1/s1. The average Bonchev–Trinajstić information content (AvgIpc) is 3.00. The minimum atomic E-state index is -0.714. The molecule has 2 N–H and O–H groups in total. The minimum Gasteiger partial charge on any atom is -0.481 e. The first kappa shape index (κ1) is 20.4. The number of hydrogen-bond donors (Lipinski definition) is 2. The molecule has 0 heterocycles. The molecule has 0 aromatic carbocycles. The first-order valence-electron chi connectivity index (χ1n) is 11.6. The number of Topliss-reactive ketones (excluding diaryl/α,β-unsaturated/α-hetero) is 1. The lowest BCUT2D eigenvalue weighted by molar-refractivity contribution is -0.171. The molecule has 28 heavy (non-hydrogen) atoms. The molecule has 0 spiro atoms. The Morgan fingerprint density at radius 1 is 1.18 bits per heavy atom. The summed E-state index contributed by atoms with van der Waals surface area (Å²) in [6.07, 6.45) is 8.69. The highest BCUT2D eigenvalue weighted by Gasteiger charge is 2.63. The number of carbonyl (C=O) groups is 2. The normalized spacial score (nSPS) is 49.1. The van der Waals surface area contributed by atoms with Crippen molar-refractivity contribution in [1.29, 1.82) is 0 Å². The molecule has 0 aliphatic heterocycles. The van der Waals surface area contributed by atoms with E-state index in [4.69, 9.17) is 5.11 Å². The van der Waals surface area contributed by atoms with Crippen LogP contribution in [0.3, 0.4) is 0 Å². The number of carbonyl (C=O) groups excluding carboxylic acids is 1. The van der Waals surface area contributed by atoms with Crippen molar-refractivity contribution in [3.63, 3.8) is 0 Å². The van der Waals surface area contributed by atoms with E-state index in [1.54, 1.807) is 0 Å². The third-order valence-corrected chi connectivity index (χ3v) is 10.2. The summed E-state index contributed by atoms with van der Waals surface area (Å²) in [6.45, 7) is 6.93. The average molecular weight is 391 g/mol. The Balaban J connectivity index is 1.57. The van der Waals surface area contributed by atoms with E-state index in [-0.39, 0.29) is 23.4 Å². The van der Waals surface area contributed by atoms with Gasteiger partial charge in [0.1, 0.15) is 5.78 Å². The predicted molar refractivity (Wildman–Crippen MR) is 108 cm³/mol. The number of hydrogen-bond acceptors (Lipinski definition) is 3. The van der Waals surface area contributed by atoms with Crippen molar-refractivity contribution < 1.29 is 19.8 Å². The molecule has 0 radical (unpaired) electrons. The van der Waals surface area contributed by atoms with Gasteiger partial charge in [0.25, 0.3) is 0 Å². The van der Waals surface area contributed by atoms with Gasteiger partial charge in [-0.3, -0.25) is 9.59 Å². The maximum atomic E-state index is 12.1. The van der Waals surface area contributed by atoms with E-state index >= 15 is 0 Å². The first-order chi connectivity index (χ1) is 13.2. The molecule has 0 saturated heterocycles. The fraction of sp³-hybridized carbons (Fsp3) is 0.917. The smallest absolute Gasteiger partial charge is 0.303 e. The van der Waals surface area contributed by atoms with Gasteiger partial charge >= 0.3 is 5.97 Å². The molecule has 0 aromatic rings. The van der Waals surface area contributed by atoms with Crippen LogP contribution in [0.25, 0.3) is 0 Å².